The third-order valence-corrected chi connectivity index (χ3v) is 4.51. The highest BCUT2D eigenvalue weighted by atomic mass is 16.3. The van der Waals surface area contributed by atoms with Gasteiger partial charge in [0.15, 0.2) is 0 Å². The second-order valence-electron chi connectivity index (χ2n) is 6.10. The minimum Gasteiger partial charge on any atom is -0.461 e. The van der Waals surface area contributed by atoms with Gasteiger partial charge in [-0.25, -0.2) is 4.98 Å². The summed E-state index contributed by atoms with van der Waals surface area (Å²) in [4.78, 5) is 8.07. The Balaban J connectivity index is 1.58. The van der Waals surface area contributed by atoms with Crippen LogP contribution in [0.3, 0.4) is 0 Å². The zero-order valence-corrected chi connectivity index (χ0v) is 14.0. The molecule has 0 aliphatic carbocycles. The molecule has 2 N–H and O–H groups in total. The number of nitrogens with one attached hydrogen (secondary N) is 2. The van der Waals surface area contributed by atoms with Crippen molar-refractivity contribution in [3.63, 3.8) is 0 Å². The molecule has 0 bridgehead atoms. The predicted molar refractivity (Wildman–Crippen MR) is 96.9 cm³/mol. The first-order chi connectivity index (χ1) is 11.8. The summed E-state index contributed by atoms with van der Waals surface area (Å²) in [6.07, 6.45) is 0.894. The molecule has 4 aromatic rings. The first kappa shape index (κ1) is 15.0. The quantitative estimate of drug-likeness (QED) is 0.559. The Bertz CT molecular complexity index is 950. The normalized spacial score (nSPS) is 12.9. The Morgan fingerprint density at radius 3 is 2.75 bits per heavy atom. The molecule has 2 aromatic carbocycles. The third-order valence-electron chi connectivity index (χ3n) is 4.51. The lowest BCUT2D eigenvalue weighted by atomic mass is 10.1. The van der Waals surface area contributed by atoms with Crippen LogP contribution in [0.2, 0.25) is 0 Å². The van der Waals surface area contributed by atoms with E-state index in [0.717, 1.165) is 41.2 Å². The smallest absolute Gasteiger partial charge is 0.134 e. The summed E-state index contributed by atoms with van der Waals surface area (Å²) in [5.74, 6) is 2.02. The van der Waals surface area contributed by atoms with Crippen LogP contribution in [0.1, 0.15) is 37.0 Å². The van der Waals surface area contributed by atoms with Crippen molar-refractivity contribution in [3.05, 3.63) is 65.7 Å². The number of H-pyrrole nitrogens is 1. The lowest BCUT2D eigenvalue weighted by Gasteiger charge is -2.11. The maximum Gasteiger partial charge on any atom is 0.134 e. The molecule has 0 aliphatic rings. The standard InChI is InChI=1S/C20H21N3O/c1-3-18-15(14-8-4-7-11-19(14)24-18)12-21-13(2)20-22-16-9-5-6-10-17(16)23-20/h4-11,13,21H,3,12H2,1-2H3,(H,22,23). The third kappa shape index (κ3) is 2.59. The van der Waals surface area contributed by atoms with Crippen LogP contribution in [0.5, 0.6) is 0 Å². The highest BCUT2D eigenvalue weighted by Crippen LogP contribution is 2.27. The molecule has 0 amide bonds. The molecule has 24 heavy (non-hydrogen) atoms. The van der Waals surface area contributed by atoms with E-state index in [1.165, 1.54) is 10.9 Å². The van der Waals surface area contributed by atoms with Crippen LogP contribution in [0.15, 0.2) is 52.9 Å². The highest BCUT2D eigenvalue weighted by molar-refractivity contribution is 5.82. The molecule has 122 valence electrons. The van der Waals surface area contributed by atoms with E-state index in [0.29, 0.717) is 0 Å². The summed E-state index contributed by atoms with van der Waals surface area (Å²) in [6.45, 7) is 5.02. The Morgan fingerprint density at radius 2 is 1.92 bits per heavy atom. The van der Waals surface area contributed by atoms with E-state index in [9.17, 15) is 0 Å². The Kier molecular flexibility index (Phi) is 3.82. The average Bonchev–Trinajstić information content (AvgIpc) is 3.20. The SMILES string of the molecule is CCc1oc2ccccc2c1CNC(C)c1nc2ccccc2[nH]1. The molecule has 0 aliphatic heterocycles. The van der Waals surface area contributed by atoms with Crippen molar-refractivity contribution < 1.29 is 4.42 Å². The fourth-order valence-corrected chi connectivity index (χ4v) is 3.16. The van der Waals surface area contributed by atoms with Gasteiger partial charge in [0.1, 0.15) is 17.2 Å². The van der Waals surface area contributed by atoms with Crippen molar-refractivity contribution >= 4 is 22.0 Å². The summed E-state index contributed by atoms with van der Waals surface area (Å²) in [7, 11) is 0. The van der Waals surface area contributed by atoms with Gasteiger partial charge in [-0.2, -0.15) is 0 Å². The van der Waals surface area contributed by atoms with Gasteiger partial charge in [-0.05, 0) is 25.1 Å². The number of hydrogen-bond acceptors (Lipinski definition) is 3. The van der Waals surface area contributed by atoms with Crippen LogP contribution < -0.4 is 5.32 Å². The number of para-hydroxylation sites is 3. The highest BCUT2D eigenvalue weighted by Gasteiger charge is 2.15. The molecule has 4 heteroatoms. The van der Waals surface area contributed by atoms with Crippen molar-refractivity contribution in [2.75, 3.05) is 0 Å². The number of furan rings is 1. The number of benzene rings is 2. The number of imidazole rings is 1. The van der Waals surface area contributed by atoms with Crippen LogP contribution in [-0.2, 0) is 13.0 Å². The van der Waals surface area contributed by atoms with E-state index in [1.807, 2.05) is 30.3 Å². The number of fused-ring (bicyclic) bond motifs is 2. The zero-order chi connectivity index (χ0) is 16.5. The van der Waals surface area contributed by atoms with Gasteiger partial charge < -0.3 is 14.7 Å². The Labute approximate surface area is 140 Å². The van der Waals surface area contributed by atoms with Crippen molar-refractivity contribution in [3.8, 4) is 0 Å². The molecule has 0 radical (unpaired) electrons. The topological polar surface area (TPSA) is 53.9 Å². The van der Waals surface area contributed by atoms with E-state index >= 15 is 0 Å². The van der Waals surface area contributed by atoms with Crippen molar-refractivity contribution in [2.45, 2.75) is 32.9 Å². The van der Waals surface area contributed by atoms with Gasteiger partial charge in [-0.15, -0.1) is 0 Å². The molecule has 2 heterocycles. The number of rotatable bonds is 5. The lowest BCUT2D eigenvalue weighted by molar-refractivity contribution is 0.522. The summed E-state index contributed by atoms with van der Waals surface area (Å²) in [6, 6.07) is 16.5. The summed E-state index contributed by atoms with van der Waals surface area (Å²) in [5.41, 5.74) is 4.28. The Hall–Kier alpha value is -2.59. The summed E-state index contributed by atoms with van der Waals surface area (Å²) < 4.78 is 5.97. The van der Waals surface area contributed by atoms with Crippen LogP contribution in [0.25, 0.3) is 22.0 Å². The molecule has 4 nitrogen and oxygen atoms in total. The molecular formula is C20H21N3O. The van der Waals surface area contributed by atoms with Crippen LogP contribution in [-0.4, -0.2) is 9.97 Å². The fourth-order valence-electron chi connectivity index (χ4n) is 3.16. The van der Waals surface area contributed by atoms with Gasteiger partial charge in [0.2, 0.25) is 0 Å². The first-order valence-electron chi connectivity index (χ1n) is 8.43. The van der Waals surface area contributed by atoms with E-state index in [-0.39, 0.29) is 6.04 Å². The summed E-state index contributed by atoms with van der Waals surface area (Å²) >= 11 is 0. The van der Waals surface area contributed by atoms with Crippen LogP contribution >= 0.6 is 0 Å². The van der Waals surface area contributed by atoms with Crippen LogP contribution in [0.4, 0.5) is 0 Å². The van der Waals surface area contributed by atoms with E-state index in [1.54, 1.807) is 0 Å². The predicted octanol–water partition coefficient (Wildman–Crippen LogP) is 4.72. The molecule has 0 saturated heterocycles. The minimum atomic E-state index is 0.135. The van der Waals surface area contributed by atoms with E-state index in [4.69, 9.17) is 4.42 Å². The summed E-state index contributed by atoms with van der Waals surface area (Å²) in [5, 5.41) is 4.77. The van der Waals surface area contributed by atoms with Gasteiger partial charge >= 0.3 is 0 Å². The largest absolute Gasteiger partial charge is 0.461 e. The van der Waals surface area contributed by atoms with Crippen LogP contribution in [0, 0.1) is 0 Å². The van der Waals surface area contributed by atoms with E-state index < -0.39 is 0 Å². The molecule has 1 atom stereocenters. The number of nitrogens with zero attached hydrogens (tertiary/aromatic N) is 1. The average molecular weight is 319 g/mol. The Morgan fingerprint density at radius 1 is 1.12 bits per heavy atom. The monoisotopic (exact) mass is 319 g/mol. The van der Waals surface area contributed by atoms with Gasteiger partial charge in [0, 0.05) is 23.9 Å². The number of aromatic amines is 1. The first-order valence-corrected chi connectivity index (χ1v) is 8.43. The maximum atomic E-state index is 5.97. The molecule has 0 spiro atoms. The number of hydrogen-bond donors (Lipinski definition) is 2. The molecule has 0 saturated carbocycles. The molecule has 1 unspecified atom stereocenters. The maximum absolute atomic E-state index is 5.97. The van der Waals surface area contributed by atoms with E-state index in [2.05, 4.69) is 47.3 Å². The van der Waals surface area contributed by atoms with Crippen molar-refractivity contribution in [1.29, 1.82) is 0 Å². The zero-order valence-electron chi connectivity index (χ0n) is 14.0. The van der Waals surface area contributed by atoms with Gasteiger partial charge in [-0.1, -0.05) is 37.3 Å². The number of aromatic nitrogens is 2. The fraction of sp³-hybridized carbons (Fsp3) is 0.250. The minimum absolute atomic E-state index is 0.135. The second kappa shape index (κ2) is 6.13. The molecule has 2 aromatic heterocycles. The molecular weight excluding hydrogens is 298 g/mol. The van der Waals surface area contributed by atoms with Gasteiger partial charge in [-0.3, -0.25) is 0 Å². The molecule has 4 rings (SSSR count). The second-order valence-corrected chi connectivity index (χ2v) is 6.10. The van der Waals surface area contributed by atoms with Crippen molar-refractivity contribution in [1.82, 2.24) is 15.3 Å². The van der Waals surface area contributed by atoms with Crippen molar-refractivity contribution in [2.24, 2.45) is 0 Å². The van der Waals surface area contributed by atoms with Gasteiger partial charge in [0.25, 0.3) is 0 Å². The van der Waals surface area contributed by atoms with Gasteiger partial charge in [0.05, 0.1) is 17.1 Å². The molecule has 0 fully saturated rings. The lowest BCUT2D eigenvalue weighted by Crippen LogP contribution is -2.19. The number of aryl methyl sites for hydroxylation is 1.